The molecule has 1 fully saturated rings. The Morgan fingerprint density at radius 2 is 1.48 bits per heavy atom. The lowest BCUT2D eigenvalue weighted by molar-refractivity contribution is 0.112. The van der Waals surface area contributed by atoms with Crippen LogP contribution < -0.4 is 9.47 Å². The van der Waals surface area contributed by atoms with Gasteiger partial charge in [-0.05, 0) is 29.7 Å². The lowest BCUT2D eigenvalue weighted by atomic mass is 10.1. The molecule has 3 aromatic rings. The van der Waals surface area contributed by atoms with E-state index in [1.807, 2.05) is 6.07 Å². The van der Waals surface area contributed by atoms with Gasteiger partial charge in [0.15, 0.2) is 11.5 Å². The van der Waals surface area contributed by atoms with Gasteiger partial charge < -0.3 is 14.0 Å². The molecule has 0 radical (unpaired) electrons. The van der Waals surface area contributed by atoms with Crippen LogP contribution in [0.1, 0.15) is 23.9 Å². The molecule has 0 N–H and O–H groups in total. The van der Waals surface area contributed by atoms with Gasteiger partial charge in [0.2, 0.25) is 11.7 Å². The average molecular weight is 423 g/mol. The van der Waals surface area contributed by atoms with Crippen molar-refractivity contribution in [1.82, 2.24) is 19.9 Å². The van der Waals surface area contributed by atoms with Crippen LogP contribution in [0.3, 0.4) is 0 Å². The quantitative estimate of drug-likeness (QED) is 0.549. The standard InChI is InChI=1S/C24H30N4O3/c1-4-18-5-8-20(9-6-18)24-25-23(31-26-24)17-28-13-11-27(12-14-28)16-19-7-10-21(29-2)22(15-19)30-3/h5-10,15H,4,11-14,16-17H2,1-3H3. The van der Waals surface area contributed by atoms with E-state index in [2.05, 4.69) is 63.3 Å². The summed E-state index contributed by atoms with van der Waals surface area (Å²) in [5.41, 5.74) is 3.52. The summed E-state index contributed by atoms with van der Waals surface area (Å²) < 4.78 is 16.3. The first kappa shape index (κ1) is 21.3. The van der Waals surface area contributed by atoms with Gasteiger partial charge in [0, 0.05) is 38.3 Å². The lowest BCUT2D eigenvalue weighted by Gasteiger charge is -2.34. The van der Waals surface area contributed by atoms with E-state index in [4.69, 9.17) is 14.0 Å². The topological polar surface area (TPSA) is 63.9 Å². The third-order valence-electron chi connectivity index (χ3n) is 5.77. The predicted octanol–water partition coefficient (Wildman–Crippen LogP) is 3.63. The van der Waals surface area contributed by atoms with Crippen LogP contribution in [0.25, 0.3) is 11.4 Å². The number of benzene rings is 2. The highest BCUT2D eigenvalue weighted by atomic mass is 16.5. The van der Waals surface area contributed by atoms with Crippen LogP contribution in [-0.2, 0) is 19.5 Å². The van der Waals surface area contributed by atoms with Crippen LogP contribution in [0.5, 0.6) is 11.5 Å². The number of hydrogen-bond donors (Lipinski definition) is 0. The first-order valence-corrected chi connectivity index (χ1v) is 10.8. The molecule has 7 heteroatoms. The van der Waals surface area contributed by atoms with Gasteiger partial charge >= 0.3 is 0 Å². The molecule has 0 aliphatic carbocycles. The largest absolute Gasteiger partial charge is 0.493 e. The van der Waals surface area contributed by atoms with Crippen molar-refractivity contribution in [3.63, 3.8) is 0 Å². The second-order valence-corrected chi connectivity index (χ2v) is 7.80. The van der Waals surface area contributed by atoms with E-state index in [9.17, 15) is 0 Å². The molecule has 0 atom stereocenters. The van der Waals surface area contributed by atoms with Gasteiger partial charge in [0.25, 0.3) is 0 Å². The maximum atomic E-state index is 5.51. The summed E-state index contributed by atoms with van der Waals surface area (Å²) >= 11 is 0. The van der Waals surface area contributed by atoms with Crippen molar-refractivity contribution in [1.29, 1.82) is 0 Å². The van der Waals surface area contributed by atoms with Crippen LogP contribution in [-0.4, -0.2) is 60.3 Å². The summed E-state index contributed by atoms with van der Waals surface area (Å²) in [5, 5.41) is 4.16. The normalized spacial score (nSPS) is 15.2. The van der Waals surface area contributed by atoms with Crippen LogP contribution in [0.2, 0.25) is 0 Å². The Morgan fingerprint density at radius 1 is 0.839 bits per heavy atom. The van der Waals surface area contributed by atoms with Crippen molar-refractivity contribution in [3.05, 3.63) is 59.5 Å². The minimum absolute atomic E-state index is 0.657. The second kappa shape index (κ2) is 9.94. The van der Waals surface area contributed by atoms with E-state index >= 15 is 0 Å². The van der Waals surface area contributed by atoms with E-state index in [1.54, 1.807) is 14.2 Å². The van der Waals surface area contributed by atoms with E-state index in [1.165, 1.54) is 11.1 Å². The van der Waals surface area contributed by atoms with Gasteiger partial charge in [-0.3, -0.25) is 9.80 Å². The number of piperazine rings is 1. The summed E-state index contributed by atoms with van der Waals surface area (Å²) in [6.07, 6.45) is 1.02. The van der Waals surface area contributed by atoms with Crippen LogP contribution in [0.15, 0.2) is 47.0 Å². The molecule has 2 aromatic carbocycles. The Bertz CT molecular complexity index is 979. The molecule has 31 heavy (non-hydrogen) atoms. The zero-order valence-electron chi connectivity index (χ0n) is 18.5. The number of aromatic nitrogens is 2. The van der Waals surface area contributed by atoms with Crippen molar-refractivity contribution < 1.29 is 14.0 Å². The Morgan fingerprint density at radius 3 is 2.13 bits per heavy atom. The van der Waals surface area contributed by atoms with Crippen molar-refractivity contribution in [2.24, 2.45) is 0 Å². The Labute approximate surface area is 183 Å². The van der Waals surface area contributed by atoms with Crippen molar-refractivity contribution in [2.75, 3.05) is 40.4 Å². The molecule has 164 valence electrons. The van der Waals surface area contributed by atoms with Gasteiger partial charge in [0.1, 0.15) is 0 Å². The Hall–Kier alpha value is -2.90. The molecule has 0 bridgehead atoms. The molecule has 2 heterocycles. The van der Waals surface area contributed by atoms with Crippen LogP contribution >= 0.6 is 0 Å². The predicted molar refractivity (Wildman–Crippen MR) is 119 cm³/mol. The van der Waals surface area contributed by atoms with Crippen LogP contribution in [0, 0.1) is 0 Å². The van der Waals surface area contributed by atoms with Crippen molar-refractivity contribution >= 4 is 0 Å². The fourth-order valence-corrected chi connectivity index (χ4v) is 3.86. The first-order valence-electron chi connectivity index (χ1n) is 10.8. The third-order valence-corrected chi connectivity index (χ3v) is 5.77. The fraction of sp³-hybridized carbons (Fsp3) is 0.417. The molecule has 1 saturated heterocycles. The molecular formula is C24H30N4O3. The molecule has 4 rings (SSSR count). The summed E-state index contributed by atoms with van der Waals surface area (Å²) in [4.78, 5) is 9.41. The lowest BCUT2D eigenvalue weighted by Crippen LogP contribution is -2.45. The minimum Gasteiger partial charge on any atom is -0.493 e. The summed E-state index contributed by atoms with van der Waals surface area (Å²) in [6, 6.07) is 14.5. The molecule has 1 aromatic heterocycles. The number of methoxy groups -OCH3 is 2. The molecule has 0 saturated carbocycles. The number of ether oxygens (including phenoxy) is 2. The van der Waals surface area contributed by atoms with E-state index in [0.717, 1.165) is 56.2 Å². The molecule has 7 nitrogen and oxygen atoms in total. The number of aryl methyl sites for hydroxylation is 1. The smallest absolute Gasteiger partial charge is 0.241 e. The zero-order chi connectivity index (χ0) is 21.6. The SMILES string of the molecule is CCc1ccc(-c2noc(CN3CCN(Cc4ccc(OC)c(OC)c4)CC3)n2)cc1. The van der Waals surface area contributed by atoms with Crippen LogP contribution in [0.4, 0.5) is 0 Å². The second-order valence-electron chi connectivity index (χ2n) is 7.80. The van der Waals surface area contributed by atoms with Gasteiger partial charge in [0.05, 0.1) is 20.8 Å². The minimum atomic E-state index is 0.657. The van der Waals surface area contributed by atoms with Crippen molar-refractivity contribution in [2.45, 2.75) is 26.4 Å². The zero-order valence-corrected chi connectivity index (χ0v) is 18.5. The molecular weight excluding hydrogens is 392 g/mol. The van der Waals surface area contributed by atoms with E-state index < -0.39 is 0 Å². The van der Waals surface area contributed by atoms with Crippen molar-refractivity contribution in [3.8, 4) is 22.9 Å². The molecule has 0 spiro atoms. The highest BCUT2D eigenvalue weighted by Crippen LogP contribution is 2.28. The molecule has 0 amide bonds. The summed E-state index contributed by atoms with van der Waals surface area (Å²) in [6.45, 7) is 7.65. The Balaban J connectivity index is 1.29. The fourth-order valence-electron chi connectivity index (χ4n) is 3.86. The van der Waals surface area contributed by atoms with E-state index in [-0.39, 0.29) is 0 Å². The van der Waals surface area contributed by atoms with Gasteiger partial charge in [-0.1, -0.05) is 42.4 Å². The maximum Gasteiger partial charge on any atom is 0.241 e. The monoisotopic (exact) mass is 422 g/mol. The van der Waals surface area contributed by atoms with Gasteiger partial charge in [-0.2, -0.15) is 4.98 Å². The summed E-state index contributed by atoms with van der Waals surface area (Å²) in [5.74, 6) is 2.86. The third kappa shape index (κ3) is 5.24. The van der Waals surface area contributed by atoms with Gasteiger partial charge in [-0.25, -0.2) is 0 Å². The summed E-state index contributed by atoms with van der Waals surface area (Å²) in [7, 11) is 3.33. The molecule has 1 aliphatic heterocycles. The average Bonchev–Trinajstić information content (AvgIpc) is 3.28. The molecule has 0 unspecified atom stereocenters. The van der Waals surface area contributed by atoms with E-state index in [0.29, 0.717) is 18.3 Å². The number of nitrogens with zero attached hydrogens (tertiary/aromatic N) is 4. The highest BCUT2D eigenvalue weighted by molar-refractivity contribution is 5.54. The number of rotatable bonds is 8. The highest BCUT2D eigenvalue weighted by Gasteiger charge is 2.20. The Kier molecular flexibility index (Phi) is 6.84. The molecule has 1 aliphatic rings. The van der Waals surface area contributed by atoms with Gasteiger partial charge in [-0.15, -0.1) is 0 Å². The maximum absolute atomic E-state index is 5.51. The first-order chi connectivity index (χ1) is 15.2. The number of hydrogen-bond acceptors (Lipinski definition) is 7.